The smallest absolute Gasteiger partial charge is 0.330 e. The van der Waals surface area contributed by atoms with Crippen LogP contribution >= 0.6 is 0 Å². The second-order valence-electron chi connectivity index (χ2n) is 4.23. The van der Waals surface area contributed by atoms with Crippen molar-refractivity contribution in [2.45, 2.75) is 19.0 Å². The Morgan fingerprint density at radius 1 is 1.47 bits per heavy atom. The zero-order valence-electron chi connectivity index (χ0n) is 10.2. The molecule has 1 aliphatic rings. The van der Waals surface area contributed by atoms with E-state index in [4.69, 9.17) is 0 Å². The average molecular weight is 231 g/mol. The van der Waals surface area contributed by atoms with Crippen molar-refractivity contribution in [1.82, 2.24) is 4.90 Å². The highest BCUT2D eigenvalue weighted by Gasteiger charge is 2.36. The summed E-state index contributed by atoms with van der Waals surface area (Å²) in [6.07, 6.45) is 3.41. The van der Waals surface area contributed by atoms with Crippen LogP contribution in [0.4, 0.5) is 0 Å². The molecular weight excluding hydrogens is 214 g/mol. The molecule has 0 spiro atoms. The molecule has 0 radical (unpaired) electrons. The second-order valence-corrected chi connectivity index (χ2v) is 4.23. The third kappa shape index (κ3) is 2.94. The maximum absolute atomic E-state index is 11.0. The molecule has 0 aliphatic carbocycles. The number of ether oxygens (including phenoxy) is 1. The monoisotopic (exact) mass is 231 g/mol. The van der Waals surface area contributed by atoms with Crippen molar-refractivity contribution in [3.63, 3.8) is 0 Å². The Kier molecular flexibility index (Phi) is 3.59. The summed E-state index contributed by atoms with van der Waals surface area (Å²) < 4.78 is 4.56. The zero-order valence-corrected chi connectivity index (χ0v) is 10.2. The summed E-state index contributed by atoms with van der Waals surface area (Å²) in [7, 11) is 1.39. The zero-order chi connectivity index (χ0) is 12.3. The van der Waals surface area contributed by atoms with Crippen LogP contribution in [0, 0.1) is 0 Å². The highest BCUT2D eigenvalue weighted by molar-refractivity contribution is 5.81. The number of rotatable bonds is 4. The predicted octanol–water partition coefficient (Wildman–Crippen LogP) is 2.16. The van der Waals surface area contributed by atoms with Gasteiger partial charge in [-0.3, -0.25) is 4.90 Å². The molecule has 17 heavy (non-hydrogen) atoms. The lowest BCUT2D eigenvalue weighted by molar-refractivity contribution is -0.134. The van der Waals surface area contributed by atoms with E-state index in [-0.39, 0.29) is 5.97 Å². The number of carbonyl (C=O) groups is 1. The van der Waals surface area contributed by atoms with Gasteiger partial charge in [-0.15, -0.1) is 0 Å². The number of hydrogen-bond acceptors (Lipinski definition) is 3. The van der Waals surface area contributed by atoms with Crippen LogP contribution in [-0.2, 0) is 9.53 Å². The molecule has 3 nitrogen and oxygen atoms in total. The summed E-state index contributed by atoms with van der Waals surface area (Å²) in [6, 6.07) is 11.1. The number of carbonyl (C=O) groups excluding carboxylic acids is 1. The number of nitrogens with zero attached hydrogens (tertiary/aromatic N) is 1. The van der Waals surface area contributed by atoms with E-state index in [1.54, 1.807) is 0 Å². The quantitative estimate of drug-likeness (QED) is 0.452. The molecule has 3 atom stereocenters. The maximum Gasteiger partial charge on any atom is 0.330 e. The molecule has 1 fully saturated rings. The Bertz CT molecular complexity index is 413. The van der Waals surface area contributed by atoms with Gasteiger partial charge in [0.25, 0.3) is 0 Å². The lowest BCUT2D eigenvalue weighted by Crippen LogP contribution is -2.07. The molecule has 0 N–H and O–H groups in total. The highest BCUT2D eigenvalue weighted by Crippen LogP contribution is 2.32. The Balaban J connectivity index is 1.91. The summed E-state index contributed by atoms with van der Waals surface area (Å²) in [4.78, 5) is 13.3. The summed E-state index contributed by atoms with van der Waals surface area (Å²) >= 11 is 0. The largest absolute Gasteiger partial charge is 0.466 e. The van der Waals surface area contributed by atoms with E-state index in [0.29, 0.717) is 12.1 Å². The van der Waals surface area contributed by atoms with Gasteiger partial charge in [-0.1, -0.05) is 36.4 Å². The van der Waals surface area contributed by atoms with Crippen molar-refractivity contribution in [3.8, 4) is 0 Å². The molecule has 90 valence electrons. The molecule has 0 aromatic heterocycles. The van der Waals surface area contributed by atoms with Gasteiger partial charge in [0.05, 0.1) is 7.11 Å². The van der Waals surface area contributed by atoms with Gasteiger partial charge in [0.2, 0.25) is 0 Å². The van der Waals surface area contributed by atoms with Gasteiger partial charge in [0, 0.05) is 24.7 Å². The Hall–Kier alpha value is -1.61. The Labute approximate surface area is 102 Å². The molecule has 0 saturated carbocycles. The van der Waals surface area contributed by atoms with Crippen LogP contribution in [-0.4, -0.2) is 30.6 Å². The van der Waals surface area contributed by atoms with E-state index in [1.165, 1.54) is 18.7 Å². The summed E-state index contributed by atoms with van der Waals surface area (Å²) in [6.45, 7) is 3.19. The van der Waals surface area contributed by atoms with E-state index >= 15 is 0 Å². The molecule has 1 saturated heterocycles. The average Bonchev–Trinajstić information content (AvgIpc) is 3.15. The Morgan fingerprint density at radius 2 is 2.18 bits per heavy atom. The third-order valence-corrected chi connectivity index (χ3v) is 3.13. The lowest BCUT2D eigenvalue weighted by Gasteiger charge is -2.13. The minimum absolute atomic E-state index is 0.288. The molecule has 1 aromatic carbocycles. The minimum atomic E-state index is -0.288. The molecule has 1 heterocycles. The third-order valence-electron chi connectivity index (χ3n) is 3.13. The van der Waals surface area contributed by atoms with Gasteiger partial charge in [-0.05, 0) is 12.5 Å². The van der Waals surface area contributed by atoms with Crippen molar-refractivity contribution in [1.29, 1.82) is 0 Å². The molecular formula is C14H17NO2. The van der Waals surface area contributed by atoms with Crippen LogP contribution in [0.5, 0.6) is 0 Å². The van der Waals surface area contributed by atoms with Gasteiger partial charge >= 0.3 is 5.97 Å². The van der Waals surface area contributed by atoms with Gasteiger partial charge < -0.3 is 4.74 Å². The van der Waals surface area contributed by atoms with Gasteiger partial charge in [0.1, 0.15) is 0 Å². The van der Waals surface area contributed by atoms with Crippen molar-refractivity contribution < 1.29 is 9.53 Å². The van der Waals surface area contributed by atoms with Crippen molar-refractivity contribution in [2.75, 3.05) is 13.7 Å². The van der Waals surface area contributed by atoms with Crippen LogP contribution in [0.1, 0.15) is 18.5 Å². The maximum atomic E-state index is 11.0. The number of esters is 1. The first-order valence-corrected chi connectivity index (χ1v) is 5.79. The fourth-order valence-electron chi connectivity index (χ4n) is 1.97. The first-order chi connectivity index (χ1) is 8.22. The molecule has 3 heteroatoms. The van der Waals surface area contributed by atoms with Crippen LogP contribution in [0.2, 0.25) is 0 Å². The van der Waals surface area contributed by atoms with Gasteiger partial charge in [0.15, 0.2) is 0 Å². The molecule has 1 aliphatic heterocycles. The molecule has 1 unspecified atom stereocenters. The number of methoxy groups -OCH3 is 1. The van der Waals surface area contributed by atoms with Crippen LogP contribution in [0.25, 0.3) is 0 Å². The predicted molar refractivity (Wildman–Crippen MR) is 66.5 cm³/mol. The number of benzene rings is 1. The van der Waals surface area contributed by atoms with E-state index in [0.717, 1.165) is 6.54 Å². The van der Waals surface area contributed by atoms with Crippen LogP contribution in [0.15, 0.2) is 42.5 Å². The molecule has 0 amide bonds. The summed E-state index contributed by atoms with van der Waals surface area (Å²) in [5.74, 6) is -0.288. The topological polar surface area (TPSA) is 29.3 Å². The number of hydrogen-bond donors (Lipinski definition) is 0. The summed E-state index contributed by atoms with van der Waals surface area (Å²) in [5, 5.41) is 0. The van der Waals surface area contributed by atoms with Crippen LogP contribution in [0.3, 0.4) is 0 Å². The Morgan fingerprint density at radius 3 is 2.82 bits per heavy atom. The van der Waals surface area contributed by atoms with E-state index in [9.17, 15) is 4.79 Å². The first kappa shape index (κ1) is 11.9. The van der Waals surface area contributed by atoms with Crippen molar-refractivity contribution in [2.24, 2.45) is 0 Å². The highest BCUT2D eigenvalue weighted by atomic mass is 16.5. The van der Waals surface area contributed by atoms with E-state index in [2.05, 4.69) is 40.8 Å². The SMILES string of the molecule is COC(=O)/C=C\[C@H]1CN1[C@H](C)c1ccccc1. The van der Waals surface area contributed by atoms with Crippen molar-refractivity contribution in [3.05, 3.63) is 48.0 Å². The van der Waals surface area contributed by atoms with E-state index in [1.807, 2.05) is 12.1 Å². The molecule has 1 aromatic rings. The van der Waals surface area contributed by atoms with Gasteiger partial charge in [-0.2, -0.15) is 0 Å². The molecule has 0 bridgehead atoms. The van der Waals surface area contributed by atoms with Gasteiger partial charge in [-0.25, -0.2) is 4.79 Å². The standard InChI is InChI=1S/C14H17NO2/c1-11(12-6-4-3-5-7-12)15-10-13(15)8-9-14(16)17-2/h3-9,11,13H,10H2,1-2H3/b9-8-/t11-,13+,15?/m1/s1. The van der Waals surface area contributed by atoms with Crippen LogP contribution < -0.4 is 0 Å². The lowest BCUT2D eigenvalue weighted by atomic mass is 10.1. The first-order valence-electron chi connectivity index (χ1n) is 5.79. The normalized spacial score (nSPS) is 24.6. The second kappa shape index (κ2) is 5.15. The van der Waals surface area contributed by atoms with Crippen molar-refractivity contribution >= 4 is 5.97 Å². The minimum Gasteiger partial charge on any atom is -0.466 e. The fraction of sp³-hybridized carbons (Fsp3) is 0.357. The molecule has 2 rings (SSSR count). The fourth-order valence-corrected chi connectivity index (χ4v) is 1.97. The van der Waals surface area contributed by atoms with E-state index < -0.39 is 0 Å². The summed E-state index contributed by atoms with van der Waals surface area (Å²) in [5.41, 5.74) is 1.31.